The Labute approximate surface area is 232 Å². The number of hydrogen-bond donors (Lipinski definition) is 0. The number of aryl methyl sites for hydroxylation is 2. The average molecular weight is 529 g/mol. The first-order chi connectivity index (χ1) is 19.2. The number of aromatic nitrogens is 1. The van der Waals surface area contributed by atoms with Crippen molar-refractivity contribution in [1.29, 1.82) is 0 Å². The van der Waals surface area contributed by atoms with Gasteiger partial charge in [-0.3, -0.25) is 0 Å². The van der Waals surface area contributed by atoms with E-state index in [1.165, 1.54) is 5.56 Å². The Hall–Kier alpha value is -4.44. The van der Waals surface area contributed by atoms with Crippen LogP contribution in [0.5, 0.6) is 0 Å². The molecule has 0 fully saturated rings. The molecule has 40 heavy (non-hydrogen) atoms. The van der Waals surface area contributed by atoms with Gasteiger partial charge in [0.05, 0.1) is 11.1 Å². The van der Waals surface area contributed by atoms with Crippen LogP contribution in [0.4, 0.5) is 4.39 Å². The van der Waals surface area contributed by atoms with Gasteiger partial charge in [0.15, 0.2) is 6.20 Å². The molecule has 3 nitrogen and oxygen atoms in total. The Morgan fingerprint density at radius 1 is 0.725 bits per heavy atom. The van der Waals surface area contributed by atoms with Gasteiger partial charge in [0, 0.05) is 33.7 Å². The highest BCUT2D eigenvalue weighted by molar-refractivity contribution is 6.14. The van der Waals surface area contributed by atoms with Gasteiger partial charge in [-0.25, -0.2) is 8.96 Å². The predicted molar refractivity (Wildman–Crippen MR) is 161 cm³/mol. The second kappa shape index (κ2) is 8.79. The van der Waals surface area contributed by atoms with Gasteiger partial charge in [-0.15, -0.1) is 0 Å². The van der Waals surface area contributed by atoms with Crippen LogP contribution >= 0.6 is 0 Å². The number of rotatable bonds is 3. The first-order valence-corrected chi connectivity index (χ1v) is 13.7. The summed E-state index contributed by atoms with van der Waals surface area (Å²) in [5.74, 6) is -0.321. The van der Waals surface area contributed by atoms with Crippen molar-refractivity contribution in [2.75, 3.05) is 0 Å². The molecular weight excluding hydrogens is 497 g/mol. The SMILES string of the molecule is Cc1ccc2c(oc3c(-c4ccc5c(c4)oc4ccccc45)c(F)ccc32)c1-c1cc(CC(C)(C)C)cc[n+]1C. The molecule has 0 aliphatic carbocycles. The number of furan rings is 2. The molecule has 0 saturated carbocycles. The molecule has 0 N–H and O–H groups in total. The quantitative estimate of drug-likeness (QED) is 0.214. The maximum atomic E-state index is 15.6. The molecule has 198 valence electrons. The van der Waals surface area contributed by atoms with Gasteiger partial charge in [-0.05, 0) is 65.8 Å². The first kappa shape index (κ1) is 24.6. The van der Waals surface area contributed by atoms with E-state index < -0.39 is 0 Å². The molecule has 0 aliphatic rings. The van der Waals surface area contributed by atoms with Crippen LogP contribution in [0.25, 0.3) is 66.3 Å². The molecule has 7 aromatic rings. The molecule has 4 heteroatoms. The summed E-state index contributed by atoms with van der Waals surface area (Å²) in [6, 6.07) is 25.9. The zero-order valence-electron chi connectivity index (χ0n) is 23.4. The zero-order chi connectivity index (χ0) is 27.8. The minimum absolute atomic E-state index is 0.172. The van der Waals surface area contributed by atoms with E-state index in [1.807, 2.05) is 48.5 Å². The summed E-state index contributed by atoms with van der Waals surface area (Å²) in [6.07, 6.45) is 3.08. The summed E-state index contributed by atoms with van der Waals surface area (Å²) >= 11 is 0. The van der Waals surface area contributed by atoms with Crippen LogP contribution in [-0.4, -0.2) is 0 Å². The number of fused-ring (bicyclic) bond motifs is 6. The Bertz CT molecular complexity index is 2110. The average Bonchev–Trinajstić information content (AvgIpc) is 3.46. The van der Waals surface area contributed by atoms with Gasteiger partial charge in [-0.1, -0.05) is 57.2 Å². The van der Waals surface area contributed by atoms with Crippen LogP contribution in [-0.2, 0) is 13.5 Å². The summed E-state index contributed by atoms with van der Waals surface area (Å²) in [7, 11) is 2.06. The van der Waals surface area contributed by atoms with Gasteiger partial charge in [-0.2, -0.15) is 0 Å². The van der Waals surface area contributed by atoms with E-state index in [9.17, 15) is 0 Å². The number of hydrogen-bond acceptors (Lipinski definition) is 2. The van der Waals surface area contributed by atoms with Crippen molar-refractivity contribution in [3.8, 4) is 22.4 Å². The third-order valence-corrected chi connectivity index (χ3v) is 7.84. The van der Waals surface area contributed by atoms with E-state index in [2.05, 4.69) is 69.8 Å². The number of nitrogens with zero attached hydrogens (tertiary/aromatic N) is 1. The van der Waals surface area contributed by atoms with Crippen molar-refractivity contribution in [3.05, 3.63) is 102 Å². The summed E-state index contributed by atoms with van der Waals surface area (Å²) in [6.45, 7) is 8.87. The van der Waals surface area contributed by atoms with Crippen LogP contribution in [0.3, 0.4) is 0 Å². The molecule has 3 aromatic heterocycles. The van der Waals surface area contributed by atoms with Crippen molar-refractivity contribution in [1.82, 2.24) is 0 Å². The lowest BCUT2D eigenvalue weighted by atomic mass is 9.88. The minimum atomic E-state index is -0.321. The highest BCUT2D eigenvalue weighted by Gasteiger charge is 2.24. The van der Waals surface area contributed by atoms with E-state index in [0.29, 0.717) is 11.1 Å². The van der Waals surface area contributed by atoms with Crippen LogP contribution in [0.2, 0.25) is 0 Å². The molecule has 0 unspecified atom stereocenters. The molecule has 0 amide bonds. The van der Waals surface area contributed by atoms with Crippen molar-refractivity contribution in [3.63, 3.8) is 0 Å². The fourth-order valence-electron chi connectivity index (χ4n) is 6.03. The van der Waals surface area contributed by atoms with E-state index >= 15 is 4.39 Å². The topological polar surface area (TPSA) is 30.2 Å². The minimum Gasteiger partial charge on any atom is -0.456 e. The van der Waals surface area contributed by atoms with Gasteiger partial charge < -0.3 is 8.83 Å². The highest BCUT2D eigenvalue weighted by atomic mass is 19.1. The summed E-state index contributed by atoms with van der Waals surface area (Å²) in [5.41, 5.74) is 8.71. The maximum absolute atomic E-state index is 15.6. The number of benzene rings is 4. The molecule has 0 aliphatic heterocycles. The van der Waals surface area contributed by atoms with Gasteiger partial charge in [0.2, 0.25) is 5.69 Å². The molecule has 4 aromatic carbocycles. The smallest absolute Gasteiger partial charge is 0.216 e. The van der Waals surface area contributed by atoms with Gasteiger partial charge >= 0.3 is 0 Å². The Morgan fingerprint density at radius 3 is 2.23 bits per heavy atom. The largest absolute Gasteiger partial charge is 0.456 e. The molecule has 0 bridgehead atoms. The normalized spacial score (nSPS) is 12.3. The van der Waals surface area contributed by atoms with Crippen molar-refractivity contribution >= 4 is 43.9 Å². The van der Waals surface area contributed by atoms with Crippen LogP contribution in [0.15, 0.2) is 93.9 Å². The summed E-state index contributed by atoms with van der Waals surface area (Å²) in [4.78, 5) is 0. The van der Waals surface area contributed by atoms with Crippen molar-refractivity contribution in [2.45, 2.75) is 34.1 Å². The van der Waals surface area contributed by atoms with E-state index in [0.717, 1.165) is 67.1 Å². The number of para-hydroxylation sites is 1. The molecular formula is C36H31FNO2+. The standard InChI is InChI=1S/C36H31FNO2/c1-21-10-12-26-27-14-15-28(37)33(23-11-13-25-24-8-6-7-9-30(24)39-31(25)19-23)35(27)40-34(26)32(21)29-18-22(16-17-38(29)5)20-36(2,3)4/h6-19H,20H2,1-5H3/q+1. The molecule has 3 heterocycles. The third kappa shape index (κ3) is 3.90. The van der Waals surface area contributed by atoms with Crippen molar-refractivity contribution < 1.29 is 17.8 Å². The van der Waals surface area contributed by atoms with Gasteiger partial charge in [0.1, 0.15) is 35.2 Å². The predicted octanol–water partition coefficient (Wildman–Crippen LogP) is 9.68. The Morgan fingerprint density at radius 2 is 1.43 bits per heavy atom. The first-order valence-electron chi connectivity index (χ1n) is 13.7. The Kier molecular flexibility index (Phi) is 5.40. The van der Waals surface area contributed by atoms with Crippen LogP contribution in [0, 0.1) is 18.2 Å². The van der Waals surface area contributed by atoms with E-state index in [4.69, 9.17) is 8.83 Å². The second-order valence-corrected chi connectivity index (χ2v) is 12.1. The summed E-state index contributed by atoms with van der Waals surface area (Å²) in [5, 5.41) is 3.93. The molecule has 7 rings (SSSR count). The van der Waals surface area contributed by atoms with E-state index in [-0.39, 0.29) is 11.2 Å². The van der Waals surface area contributed by atoms with Crippen molar-refractivity contribution in [2.24, 2.45) is 12.5 Å². The second-order valence-electron chi connectivity index (χ2n) is 12.1. The Balaban J connectivity index is 1.47. The number of halogens is 1. The summed E-state index contributed by atoms with van der Waals surface area (Å²) < 4.78 is 30.5. The maximum Gasteiger partial charge on any atom is 0.216 e. The monoisotopic (exact) mass is 528 g/mol. The lowest BCUT2D eigenvalue weighted by Gasteiger charge is -2.18. The molecule has 0 radical (unpaired) electrons. The highest BCUT2D eigenvalue weighted by Crippen LogP contribution is 2.42. The van der Waals surface area contributed by atoms with Gasteiger partial charge in [0.25, 0.3) is 0 Å². The lowest BCUT2D eigenvalue weighted by Crippen LogP contribution is -2.31. The molecule has 0 saturated heterocycles. The van der Waals surface area contributed by atoms with E-state index in [1.54, 1.807) is 6.07 Å². The number of pyridine rings is 1. The third-order valence-electron chi connectivity index (χ3n) is 7.84. The molecule has 0 atom stereocenters. The molecule has 0 spiro atoms. The van der Waals surface area contributed by atoms with Crippen LogP contribution < -0.4 is 4.57 Å². The fraction of sp³-hybridized carbons (Fsp3) is 0.194. The fourth-order valence-corrected chi connectivity index (χ4v) is 6.03. The van der Waals surface area contributed by atoms with Crippen LogP contribution in [0.1, 0.15) is 31.9 Å². The zero-order valence-corrected chi connectivity index (χ0v) is 23.4. The lowest BCUT2D eigenvalue weighted by molar-refractivity contribution is -0.660.